The summed E-state index contributed by atoms with van der Waals surface area (Å²) in [5.74, 6) is 0.270. The van der Waals surface area contributed by atoms with E-state index in [1.165, 1.54) is 11.3 Å². The average Bonchev–Trinajstić information content (AvgIpc) is 2.97. The van der Waals surface area contributed by atoms with Crippen LogP contribution in [0, 0.1) is 5.92 Å². The number of thiophene rings is 1. The lowest BCUT2D eigenvalue weighted by molar-refractivity contribution is 0.107. The van der Waals surface area contributed by atoms with Crippen LogP contribution in [-0.2, 0) is 21.3 Å². The van der Waals surface area contributed by atoms with Crippen LogP contribution in [0.4, 0.5) is 0 Å². The van der Waals surface area contributed by atoms with Gasteiger partial charge < -0.3 is 10.1 Å². The summed E-state index contributed by atoms with van der Waals surface area (Å²) < 4.78 is 32.8. The van der Waals surface area contributed by atoms with Crippen molar-refractivity contribution >= 4 is 21.4 Å². The number of ether oxygens (including phenoxy) is 1. The summed E-state index contributed by atoms with van der Waals surface area (Å²) in [6.07, 6.45) is 1.05. The third kappa shape index (κ3) is 3.76. The molecule has 0 spiro atoms. The van der Waals surface area contributed by atoms with Gasteiger partial charge in [-0.15, -0.1) is 11.3 Å². The van der Waals surface area contributed by atoms with E-state index in [1.54, 1.807) is 6.07 Å². The Hall–Kier alpha value is -0.470. The molecule has 1 aliphatic rings. The Bertz CT molecular complexity index is 513. The number of nitrogens with one attached hydrogen (secondary N) is 2. The molecule has 1 saturated heterocycles. The van der Waals surface area contributed by atoms with Crippen molar-refractivity contribution in [1.82, 2.24) is 10.0 Å². The van der Waals surface area contributed by atoms with Gasteiger partial charge in [0.2, 0.25) is 10.0 Å². The van der Waals surface area contributed by atoms with E-state index in [9.17, 15) is 8.42 Å². The minimum atomic E-state index is -3.38. The van der Waals surface area contributed by atoms with Gasteiger partial charge in [-0.25, -0.2) is 13.1 Å². The van der Waals surface area contributed by atoms with Crippen LogP contribution < -0.4 is 10.0 Å². The topological polar surface area (TPSA) is 67.4 Å². The second-order valence-corrected chi connectivity index (χ2v) is 7.89. The fourth-order valence-corrected chi connectivity index (χ4v) is 4.61. The molecular weight excluding hydrogens is 284 g/mol. The van der Waals surface area contributed by atoms with Crippen molar-refractivity contribution in [2.45, 2.75) is 30.2 Å². The monoisotopic (exact) mass is 304 g/mol. The first-order valence-electron chi connectivity index (χ1n) is 6.37. The molecule has 5 nitrogen and oxygen atoms in total. The molecule has 0 aromatic carbocycles. The van der Waals surface area contributed by atoms with Crippen LogP contribution in [0.1, 0.15) is 18.2 Å². The second kappa shape index (κ2) is 6.32. The molecule has 1 aromatic rings. The zero-order valence-electron chi connectivity index (χ0n) is 11.2. The average molecular weight is 304 g/mol. The van der Waals surface area contributed by atoms with E-state index < -0.39 is 10.0 Å². The molecule has 19 heavy (non-hydrogen) atoms. The minimum Gasteiger partial charge on any atom is -0.378 e. The van der Waals surface area contributed by atoms with E-state index >= 15 is 0 Å². The Balaban J connectivity index is 1.97. The van der Waals surface area contributed by atoms with Crippen LogP contribution >= 0.6 is 11.3 Å². The summed E-state index contributed by atoms with van der Waals surface area (Å²) >= 11 is 1.30. The summed E-state index contributed by atoms with van der Waals surface area (Å²) in [6, 6.07) is 3.51. The lowest BCUT2D eigenvalue weighted by Gasteiger charge is -2.14. The third-order valence-corrected chi connectivity index (χ3v) is 6.32. The first-order valence-corrected chi connectivity index (χ1v) is 8.67. The lowest BCUT2D eigenvalue weighted by Crippen LogP contribution is -2.31. The molecule has 0 amide bonds. The highest BCUT2D eigenvalue weighted by Gasteiger charge is 2.26. The maximum Gasteiger partial charge on any atom is 0.250 e. The van der Waals surface area contributed by atoms with Gasteiger partial charge >= 0.3 is 0 Å². The van der Waals surface area contributed by atoms with E-state index in [2.05, 4.69) is 10.0 Å². The van der Waals surface area contributed by atoms with Gasteiger partial charge in [0.25, 0.3) is 0 Å². The highest BCUT2D eigenvalue weighted by atomic mass is 32.2. The maximum absolute atomic E-state index is 12.2. The normalized spacial score (nSPS) is 23.9. The summed E-state index contributed by atoms with van der Waals surface area (Å²) in [5, 5.41) is 3.01. The molecule has 0 radical (unpaired) electrons. The van der Waals surface area contributed by atoms with E-state index in [0.717, 1.165) is 17.9 Å². The molecule has 2 rings (SSSR count). The molecule has 0 saturated carbocycles. The largest absolute Gasteiger partial charge is 0.378 e. The first-order chi connectivity index (χ1) is 9.03. The fourth-order valence-electron chi connectivity index (χ4n) is 2.10. The van der Waals surface area contributed by atoms with Crippen LogP contribution in [0.25, 0.3) is 0 Å². The first kappa shape index (κ1) is 14.9. The Labute approximate surface area is 118 Å². The lowest BCUT2D eigenvalue weighted by atomic mass is 10.0. The standard InChI is InChI=1S/C12H20N2O3S2/c1-9-10(5-6-17-9)7-14-19(15,16)12-4-3-11(18-12)8-13-2/h3-4,9-10,13-14H,5-8H2,1-2H3. The molecule has 2 atom stereocenters. The number of sulfonamides is 1. The van der Waals surface area contributed by atoms with Crippen molar-refractivity contribution in [2.75, 3.05) is 20.2 Å². The van der Waals surface area contributed by atoms with Gasteiger partial charge in [0.15, 0.2) is 0 Å². The van der Waals surface area contributed by atoms with E-state index in [4.69, 9.17) is 4.74 Å². The van der Waals surface area contributed by atoms with Crippen LogP contribution in [0.2, 0.25) is 0 Å². The quantitative estimate of drug-likeness (QED) is 0.828. The molecule has 0 bridgehead atoms. The van der Waals surface area contributed by atoms with Crippen molar-refractivity contribution in [1.29, 1.82) is 0 Å². The molecule has 0 aliphatic carbocycles. The Morgan fingerprint density at radius 1 is 1.47 bits per heavy atom. The zero-order chi connectivity index (χ0) is 13.9. The molecule has 7 heteroatoms. The molecule has 1 fully saturated rings. The Morgan fingerprint density at radius 2 is 2.26 bits per heavy atom. The van der Waals surface area contributed by atoms with Crippen LogP contribution in [0.5, 0.6) is 0 Å². The van der Waals surface area contributed by atoms with Crippen LogP contribution in [0.3, 0.4) is 0 Å². The molecule has 2 heterocycles. The van der Waals surface area contributed by atoms with Gasteiger partial charge in [0.1, 0.15) is 4.21 Å². The fraction of sp³-hybridized carbons (Fsp3) is 0.667. The predicted molar refractivity (Wildman–Crippen MR) is 75.8 cm³/mol. The second-order valence-electron chi connectivity index (χ2n) is 4.73. The maximum atomic E-state index is 12.2. The van der Waals surface area contributed by atoms with Crippen LogP contribution in [-0.4, -0.2) is 34.7 Å². The van der Waals surface area contributed by atoms with Gasteiger partial charge in [-0.2, -0.15) is 0 Å². The number of rotatable bonds is 6. The van der Waals surface area contributed by atoms with Crippen molar-refractivity contribution in [3.63, 3.8) is 0 Å². The van der Waals surface area contributed by atoms with E-state index in [1.807, 2.05) is 20.0 Å². The van der Waals surface area contributed by atoms with Gasteiger partial charge in [-0.1, -0.05) is 0 Å². The van der Waals surface area contributed by atoms with Crippen molar-refractivity contribution < 1.29 is 13.2 Å². The SMILES string of the molecule is CNCc1ccc(S(=O)(=O)NCC2CCOC2C)s1. The summed E-state index contributed by atoms with van der Waals surface area (Å²) in [4.78, 5) is 1.01. The predicted octanol–water partition coefficient (Wildman–Crippen LogP) is 1.17. The Kier molecular flexibility index (Phi) is 4.97. The summed E-state index contributed by atoms with van der Waals surface area (Å²) in [6.45, 7) is 3.84. The number of hydrogen-bond donors (Lipinski definition) is 2. The summed E-state index contributed by atoms with van der Waals surface area (Å²) in [7, 11) is -1.54. The zero-order valence-corrected chi connectivity index (χ0v) is 12.8. The third-order valence-electron chi connectivity index (χ3n) is 3.32. The molecule has 2 unspecified atom stereocenters. The van der Waals surface area contributed by atoms with Crippen LogP contribution in [0.15, 0.2) is 16.3 Å². The van der Waals surface area contributed by atoms with Crippen molar-refractivity contribution in [3.8, 4) is 0 Å². The highest BCUT2D eigenvalue weighted by Crippen LogP contribution is 2.23. The molecule has 1 aliphatic heterocycles. The highest BCUT2D eigenvalue weighted by molar-refractivity contribution is 7.91. The van der Waals surface area contributed by atoms with Crippen molar-refractivity contribution in [3.05, 3.63) is 17.0 Å². The van der Waals surface area contributed by atoms with Gasteiger partial charge in [-0.05, 0) is 32.5 Å². The summed E-state index contributed by atoms with van der Waals surface area (Å²) in [5.41, 5.74) is 0. The minimum absolute atomic E-state index is 0.130. The van der Waals surface area contributed by atoms with Gasteiger partial charge in [-0.3, -0.25) is 0 Å². The van der Waals surface area contributed by atoms with Crippen molar-refractivity contribution in [2.24, 2.45) is 5.92 Å². The number of hydrogen-bond acceptors (Lipinski definition) is 5. The molecule has 2 N–H and O–H groups in total. The molecular formula is C12H20N2O3S2. The smallest absolute Gasteiger partial charge is 0.250 e. The Morgan fingerprint density at radius 3 is 2.89 bits per heavy atom. The van der Waals surface area contributed by atoms with E-state index in [-0.39, 0.29) is 12.0 Å². The van der Waals surface area contributed by atoms with Gasteiger partial charge in [0.05, 0.1) is 6.10 Å². The molecule has 1 aromatic heterocycles. The molecule has 108 valence electrons. The van der Waals surface area contributed by atoms with Gasteiger partial charge in [0, 0.05) is 30.5 Å². The van der Waals surface area contributed by atoms with E-state index in [0.29, 0.717) is 17.3 Å².